The maximum absolute atomic E-state index is 13.8. The van der Waals surface area contributed by atoms with Crippen LogP contribution in [0.15, 0.2) is 24.3 Å². The summed E-state index contributed by atoms with van der Waals surface area (Å²) in [6.45, 7) is 4.14. The van der Waals surface area contributed by atoms with Gasteiger partial charge in [0.15, 0.2) is 0 Å². The van der Waals surface area contributed by atoms with Crippen molar-refractivity contribution in [2.24, 2.45) is 5.92 Å². The SMILES string of the molecule is CC(C)COC(=O)CCCC(F)(F)CCCc1ccc(C(=O)O)cc1. The molecule has 0 aliphatic carbocycles. The van der Waals surface area contributed by atoms with E-state index in [2.05, 4.69) is 0 Å². The van der Waals surface area contributed by atoms with Gasteiger partial charge in [0.2, 0.25) is 5.92 Å². The molecular weight excluding hydrogens is 330 g/mol. The van der Waals surface area contributed by atoms with E-state index in [4.69, 9.17) is 9.84 Å². The highest BCUT2D eigenvalue weighted by Crippen LogP contribution is 2.27. The van der Waals surface area contributed by atoms with Crippen LogP contribution in [0.5, 0.6) is 0 Å². The van der Waals surface area contributed by atoms with Gasteiger partial charge in [-0.05, 0) is 42.9 Å². The molecule has 0 unspecified atom stereocenters. The first kappa shape index (κ1) is 21.1. The number of carbonyl (C=O) groups excluding carboxylic acids is 1. The van der Waals surface area contributed by atoms with Gasteiger partial charge in [-0.15, -0.1) is 0 Å². The van der Waals surface area contributed by atoms with E-state index in [1.54, 1.807) is 12.1 Å². The Morgan fingerprint density at radius 2 is 1.72 bits per heavy atom. The molecule has 0 spiro atoms. The summed E-state index contributed by atoms with van der Waals surface area (Å²) in [5, 5.41) is 8.81. The number of ether oxygens (including phenoxy) is 1. The maximum atomic E-state index is 13.8. The summed E-state index contributed by atoms with van der Waals surface area (Å²) in [5.74, 6) is -4.01. The molecule has 1 rings (SSSR count). The zero-order valence-corrected chi connectivity index (χ0v) is 14.8. The predicted molar refractivity (Wildman–Crippen MR) is 90.9 cm³/mol. The first-order valence-corrected chi connectivity index (χ1v) is 8.55. The Labute approximate surface area is 147 Å². The van der Waals surface area contributed by atoms with Gasteiger partial charge in [-0.3, -0.25) is 4.79 Å². The number of halogens is 2. The first-order valence-electron chi connectivity index (χ1n) is 8.55. The van der Waals surface area contributed by atoms with Crippen LogP contribution >= 0.6 is 0 Å². The average Bonchev–Trinajstić information content (AvgIpc) is 2.53. The molecule has 0 heterocycles. The molecular formula is C19H26F2O4. The van der Waals surface area contributed by atoms with E-state index in [-0.39, 0.29) is 37.2 Å². The van der Waals surface area contributed by atoms with Crippen molar-refractivity contribution in [1.29, 1.82) is 0 Å². The van der Waals surface area contributed by atoms with Crippen molar-refractivity contribution in [3.63, 3.8) is 0 Å². The molecule has 0 atom stereocenters. The van der Waals surface area contributed by atoms with Crippen LogP contribution in [0.25, 0.3) is 0 Å². The summed E-state index contributed by atoms with van der Waals surface area (Å²) in [5.41, 5.74) is 1.01. The van der Waals surface area contributed by atoms with Gasteiger partial charge in [0.05, 0.1) is 12.2 Å². The maximum Gasteiger partial charge on any atom is 0.335 e. The number of aryl methyl sites for hydroxylation is 1. The molecule has 0 amide bonds. The van der Waals surface area contributed by atoms with Gasteiger partial charge in [-0.25, -0.2) is 13.6 Å². The second-order valence-electron chi connectivity index (χ2n) is 6.64. The molecule has 6 heteroatoms. The van der Waals surface area contributed by atoms with Crippen LogP contribution in [0.4, 0.5) is 8.78 Å². The highest BCUT2D eigenvalue weighted by Gasteiger charge is 2.27. The molecule has 4 nitrogen and oxygen atoms in total. The van der Waals surface area contributed by atoms with E-state index in [1.807, 2.05) is 13.8 Å². The number of alkyl halides is 2. The topological polar surface area (TPSA) is 63.6 Å². The highest BCUT2D eigenvalue weighted by atomic mass is 19.3. The minimum absolute atomic E-state index is 0.0129. The third-order valence-electron chi connectivity index (χ3n) is 3.71. The van der Waals surface area contributed by atoms with Gasteiger partial charge in [0, 0.05) is 19.3 Å². The molecule has 0 aliphatic rings. The number of carbonyl (C=O) groups is 2. The molecule has 0 fully saturated rings. The monoisotopic (exact) mass is 356 g/mol. The number of aromatic carboxylic acids is 1. The summed E-state index contributed by atoms with van der Waals surface area (Å²) in [4.78, 5) is 22.1. The molecule has 0 saturated heterocycles. The molecule has 1 aromatic rings. The number of hydrogen-bond donors (Lipinski definition) is 1. The van der Waals surface area contributed by atoms with Crippen LogP contribution in [0, 0.1) is 5.92 Å². The largest absolute Gasteiger partial charge is 0.478 e. The van der Waals surface area contributed by atoms with E-state index >= 15 is 0 Å². The molecule has 0 radical (unpaired) electrons. The molecule has 0 aromatic heterocycles. The van der Waals surface area contributed by atoms with Crippen LogP contribution in [0.2, 0.25) is 0 Å². The van der Waals surface area contributed by atoms with E-state index in [9.17, 15) is 18.4 Å². The zero-order valence-electron chi connectivity index (χ0n) is 14.8. The second-order valence-corrected chi connectivity index (χ2v) is 6.64. The fourth-order valence-electron chi connectivity index (χ4n) is 2.31. The third kappa shape index (κ3) is 9.17. The number of carboxylic acid groups (broad SMARTS) is 1. The number of esters is 1. The van der Waals surface area contributed by atoms with E-state index < -0.39 is 17.9 Å². The van der Waals surface area contributed by atoms with Crippen LogP contribution in [0.1, 0.15) is 61.9 Å². The van der Waals surface area contributed by atoms with E-state index in [0.29, 0.717) is 19.4 Å². The Kier molecular flexibility index (Phi) is 8.52. The smallest absolute Gasteiger partial charge is 0.335 e. The Hall–Kier alpha value is -1.98. The van der Waals surface area contributed by atoms with Crippen LogP contribution < -0.4 is 0 Å². The van der Waals surface area contributed by atoms with Gasteiger partial charge in [-0.1, -0.05) is 26.0 Å². The van der Waals surface area contributed by atoms with Gasteiger partial charge >= 0.3 is 11.9 Å². The molecule has 0 saturated carbocycles. The summed E-state index contributed by atoms with van der Waals surface area (Å²) in [6, 6.07) is 6.23. The fraction of sp³-hybridized carbons (Fsp3) is 0.579. The van der Waals surface area contributed by atoms with Crippen molar-refractivity contribution in [2.45, 2.75) is 58.3 Å². The molecule has 1 aromatic carbocycles. The Bertz CT molecular complexity index is 553. The third-order valence-corrected chi connectivity index (χ3v) is 3.71. The van der Waals surface area contributed by atoms with Crippen molar-refractivity contribution in [2.75, 3.05) is 6.61 Å². The number of carboxylic acids is 1. The standard InChI is InChI=1S/C19H26F2O4/c1-14(2)13-25-17(22)6-4-12-19(20,21)11-3-5-15-7-9-16(10-8-15)18(23)24/h7-10,14H,3-6,11-13H2,1-2H3,(H,23,24). The predicted octanol–water partition coefficient (Wildman–Crippen LogP) is 4.71. The van der Waals surface area contributed by atoms with Gasteiger partial charge < -0.3 is 9.84 Å². The van der Waals surface area contributed by atoms with Crippen LogP contribution in [-0.2, 0) is 16.0 Å². The average molecular weight is 356 g/mol. The molecule has 140 valence electrons. The Balaban J connectivity index is 2.26. The Morgan fingerprint density at radius 1 is 1.12 bits per heavy atom. The van der Waals surface area contributed by atoms with Crippen LogP contribution in [0.3, 0.4) is 0 Å². The lowest BCUT2D eigenvalue weighted by Gasteiger charge is -2.16. The quantitative estimate of drug-likeness (QED) is 0.583. The normalized spacial score (nSPS) is 11.6. The second kappa shape index (κ2) is 10.1. The lowest BCUT2D eigenvalue weighted by atomic mass is 10.0. The van der Waals surface area contributed by atoms with Crippen LogP contribution in [-0.4, -0.2) is 29.6 Å². The number of rotatable bonds is 11. The van der Waals surface area contributed by atoms with Crippen molar-refractivity contribution in [3.8, 4) is 0 Å². The molecule has 0 aliphatic heterocycles. The molecule has 0 bridgehead atoms. The van der Waals surface area contributed by atoms with E-state index in [1.165, 1.54) is 12.1 Å². The van der Waals surface area contributed by atoms with Gasteiger partial charge in [0.1, 0.15) is 0 Å². The number of hydrogen-bond acceptors (Lipinski definition) is 3. The lowest BCUT2D eigenvalue weighted by Crippen LogP contribution is -2.17. The number of benzene rings is 1. The van der Waals surface area contributed by atoms with E-state index in [0.717, 1.165) is 5.56 Å². The summed E-state index contributed by atoms with van der Waals surface area (Å²) in [6.07, 6.45) is 0.301. The summed E-state index contributed by atoms with van der Waals surface area (Å²) < 4.78 is 32.6. The van der Waals surface area contributed by atoms with Crippen molar-refractivity contribution in [3.05, 3.63) is 35.4 Å². The highest BCUT2D eigenvalue weighted by molar-refractivity contribution is 5.87. The van der Waals surface area contributed by atoms with Gasteiger partial charge in [-0.2, -0.15) is 0 Å². The minimum atomic E-state index is -2.81. The zero-order chi connectivity index (χ0) is 18.9. The minimum Gasteiger partial charge on any atom is -0.478 e. The first-order chi connectivity index (χ1) is 11.7. The van der Waals surface area contributed by atoms with Crippen molar-refractivity contribution >= 4 is 11.9 Å². The molecule has 25 heavy (non-hydrogen) atoms. The lowest BCUT2D eigenvalue weighted by molar-refractivity contribution is -0.145. The Morgan fingerprint density at radius 3 is 2.28 bits per heavy atom. The van der Waals surface area contributed by atoms with Crippen molar-refractivity contribution < 1.29 is 28.2 Å². The van der Waals surface area contributed by atoms with Gasteiger partial charge in [0.25, 0.3) is 0 Å². The summed E-state index contributed by atoms with van der Waals surface area (Å²) >= 11 is 0. The summed E-state index contributed by atoms with van der Waals surface area (Å²) in [7, 11) is 0. The molecule has 1 N–H and O–H groups in total. The fourth-order valence-corrected chi connectivity index (χ4v) is 2.31. The van der Waals surface area contributed by atoms with Crippen molar-refractivity contribution in [1.82, 2.24) is 0 Å².